The van der Waals surface area contributed by atoms with Gasteiger partial charge in [-0.15, -0.1) is 12.3 Å². The molecule has 2 heterocycles. The SMILES string of the molecule is C#CCCC(=O)N1CCN(c2ccc(Nc3ncc(Cl)c(Oc4cccc(NC(=O)CCCCc5cc5=O)c4)n3)c(OC)c2)CC1. The lowest BCUT2D eigenvalue weighted by Crippen LogP contribution is -2.48. The van der Waals surface area contributed by atoms with Crippen molar-refractivity contribution in [3.8, 4) is 29.7 Å². The maximum Gasteiger partial charge on any atom is 0.243 e. The fourth-order valence-electron chi connectivity index (χ4n) is 5.03. The van der Waals surface area contributed by atoms with Gasteiger partial charge in [0.05, 0.1) is 19.0 Å². The van der Waals surface area contributed by atoms with E-state index in [2.05, 4.69) is 31.4 Å². The van der Waals surface area contributed by atoms with Gasteiger partial charge < -0.3 is 29.9 Å². The summed E-state index contributed by atoms with van der Waals surface area (Å²) in [6.45, 7) is 2.66. The van der Waals surface area contributed by atoms with Crippen molar-refractivity contribution in [2.24, 2.45) is 0 Å². The van der Waals surface area contributed by atoms with Gasteiger partial charge >= 0.3 is 0 Å². The Hall–Kier alpha value is -5.08. The lowest BCUT2D eigenvalue weighted by Gasteiger charge is -2.36. The molecular formula is C34H35ClN6O5. The largest absolute Gasteiger partial charge is 0.494 e. The first-order valence-electron chi connectivity index (χ1n) is 15.1. The van der Waals surface area contributed by atoms with E-state index in [0.29, 0.717) is 74.7 Å². The Morgan fingerprint density at radius 1 is 1.07 bits per heavy atom. The molecule has 0 radical (unpaired) electrons. The van der Waals surface area contributed by atoms with Gasteiger partial charge in [0.2, 0.25) is 23.6 Å². The van der Waals surface area contributed by atoms with Crippen molar-refractivity contribution in [3.05, 3.63) is 75.5 Å². The molecule has 1 fully saturated rings. The van der Waals surface area contributed by atoms with Crippen LogP contribution in [0.25, 0.3) is 0 Å². The Bertz CT molecular complexity index is 1740. The fraction of sp³-hybridized carbons (Fsp3) is 0.324. The highest BCUT2D eigenvalue weighted by Crippen LogP contribution is 2.34. The topological polar surface area (TPSA) is 126 Å². The number of methoxy groups -OCH3 is 1. The number of ether oxygens (including phenoxy) is 2. The number of nitrogens with one attached hydrogen (secondary N) is 2. The van der Waals surface area contributed by atoms with Crippen LogP contribution in [0.15, 0.2) is 59.5 Å². The first-order valence-corrected chi connectivity index (χ1v) is 15.5. The Morgan fingerprint density at radius 3 is 2.61 bits per heavy atom. The molecule has 1 aliphatic heterocycles. The molecule has 238 valence electrons. The molecule has 11 nitrogen and oxygen atoms in total. The molecule has 1 saturated heterocycles. The number of nitrogens with zero attached hydrogens (tertiary/aromatic N) is 4. The number of benzene rings is 2. The van der Waals surface area contributed by atoms with Crippen LogP contribution >= 0.6 is 11.6 Å². The van der Waals surface area contributed by atoms with Crippen LogP contribution in [-0.4, -0.2) is 60.0 Å². The second-order valence-electron chi connectivity index (χ2n) is 10.8. The number of piperazine rings is 1. The molecule has 1 aromatic heterocycles. The van der Waals surface area contributed by atoms with Crippen molar-refractivity contribution in [3.63, 3.8) is 0 Å². The van der Waals surface area contributed by atoms with Crippen molar-refractivity contribution < 1.29 is 19.1 Å². The Balaban J connectivity index is 1.17. The summed E-state index contributed by atoms with van der Waals surface area (Å²) in [5, 5.41) is 6.26. The van der Waals surface area contributed by atoms with E-state index in [0.717, 1.165) is 24.1 Å². The number of terminal acetylenes is 1. The number of aromatic nitrogens is 2. The van der Waals surface area contributed by atoms with Crippen LogP contribution in [-0.2, 0) is 16.0 Å². The molecule has 2 amide bonds. The predicted molar refractivity (Wildman–Crippen MR) is 178 cm³/mol. The van der Waals surface area contributed by atoms with Crippen molar-refractivity contribution in [1.82, 2.24) is 14.9 Å². The highest BCUT2D eigenvalue weighted by Gasteiger charge is 2.22. The van der Waals surface area contributed by atoms with E-state index in [4.69, 9.17) is 27.5 Å². The molecule has 5 rings (SSSR count). The van der Waals surface area contributed by atoms with E-state index >= 15 is 0 Å². The Labute approximate surface area is 272 Å². The Morgan fingerprint density at radius 2 is 1.87 bits per heavy atom. The zero-order chi connectivity index (χ0) is 32.5. The molecule has 0 saturated carbocycles. The van der Waals surface area contributed by atoms with Gasteiger partial charge in [0, 0.05) is 74.5 Å². The number of anilines is 4. The highest BCUT2D eigenvalue weighted by molar-refractivity contribution is 6.31. The normalized spacial score (nSPS) is 12.9. The molecule has 12 heteroatoms. The van der Waals surface area contributed by atoms with Gasteiger partial charge in [-0.3, -0.25) is 14.4 Å². The van der Waals surface area contributed by atoms with Gasteiger partial charge in [-0.1, -0.05) is 17.7 Å². The van der Waals surface area contributed by atoms with Gasteiger partial charge in [0.25, 0.3) is 0 Å². The maximum absolute atomic E-state index is 12.4. The third-order valence-electron chi connectivity index (χ3n) is 7.59. The van der Waals surface area contributed by atoms with E-state index in [9.17, 15) is 14.4 Å². The quantitative estimate of drug-likeness (QED) is 0.139. The monoisotopic (exact) mass is 642 g/mol. The summed E-state index contributed by atoms with van der Waals surface area (Å²) in [4.78, 5) is 48.6. The molecule has 4 aromatic rings. The number of hydrogen-bond donors (Lipinski definition) is 2. The number of amides is 2. The molecule has 0 aliphatic carbocycles. The van der Waals surface area contributed by atoms with Crippen molar-refractivity contribution in [2.75, 3.05) is 48.8 Å². The molecule has 0 spiro atoms. The molecular weight excluding hydrogens is 608 g/mol. The first kappa shape index (κ1) is 32.3. The van der Waals surface area contributed by atoms with Crippen molar-refractivity contribution in [1.29, 1.82) is 0 Å². The number of carbonyl (C=O) groups excluding carboxylic acids is 2. The third-order valence-corrected chi connectivity index (χ3v) is 7.85. The predicted octanol–water partition coefficient (Wildman–Crippen LogP) is 5.32. The number of aryl methyl sites for hydroxylation is 1. The van der Waals surface area contributed by atoms with Crippen LogP contribution in [0.5, 0.6) is 17.4 Å². The lowest BCUT2D eigenvalue weighted by molar-refractivity contribution is -0.131. The zero-order valence-corrected chi connectivity index (χ0v) is 26.3. The average molecular weight is 643 g/mol. The molecule has 0 unspecified atom stereocenters. The van der Waals surface area contributed by atoms with E-state index < -0.39 is 0 Å². The van der Waals surface area contributed by atoms with Gasteiger partial charge in [-0.05, 0) is 49.6 Å². The van der Waals surface area contributed by atoms with Gasteiger partial charge in [0.15, 0.2) is 5.43 Å². The summed E-state index contributed by atoms with van der Waals surface area (Å²) in [5.74, 6) is 3.90. The summed E-state index contributed by atoms with van der Waals surface area (Å²) in [7, 11) is 1.59. The summed E-state index contributed by atoms with van der Waals surface area (Å²) >= 11 is 6.36. The highest BCUT2D eigenvalue weighted by atomic mass is 35.5. The summed E-state index contributed by atoms with van der Waals surface area (Å²) in [5.41, 5.74) is 3.17. The molecule has 0 atom stereocenters. The van der Waals surface area contributed by atoms with Crippen LogP contribution < -0.4 is 30.4 Å². The van der Waals surface area contributed by atoms with Crippen LogP contribution in [0.3, 0.4) is 0 Å². The molecule has 46 heavy (non-hydrogen) atoms. The van der Waals surface area contributed by atoms with Crippen LogP contribution in [0.1, 0.15) is 37.7 Å². The number of carbonyl (C=O) groups is 2. The minimum atomic E-state index is -0.117. The van der Waals surface area contributed by atoms with Gasteiger partial charge in [0.1, 0.15) is 16.5 Å². The standard InChI is InChI=1S/C34H35ClN6O5/c1-3-4-12-32(44)41-17-15-40(16-18-41)25-13-14-28(30(21-25)45-2)38-34-36-22-27(35)33(39-34)46-26-10-7-9-24(20-26)37-31(43)11-6-5-8-23-19-29(23)42/h1,7,9-10,13-14,19-22H,4-6,8,11-12,15-18H2,2H3,(H,37,43)(H,36,38,39). The second-order valence-corrected chi connectivity index (χ2v) is 11.3. The number of halogens is 1. The van der Waals surface area contributed by atoms with E-state index in [1.807, 2.05) is 23.1 Å². The van der Waals surface area contributed by atoms with Gasteiger partial charge in [-0.25, -0.2) is 4.98 Å². The molecule has 2 N–H and O–H groups in total. The minimum Gasteiger partial charge on any atom is -0.494 e. The molecule has 1 aliphatic rings. The maximum atomic E-state index is 12.4. The summed E-state index contributed by atoms with van der Waals surface area (Å²) < 4.78 is 11.6. The number of hydrogen-bond acceptors (Lipinski definition) is 9. The fourth-order valence-corrected chi connectivity index (χ4v) is 5.16. The third kappa shape index (κ3) is 8.76. The number of unbranched alkanes of at least 4 members (excludes halogenated alkanes) is 1. The zero-order valence-electron chi connectivity index (χ0n) is 25.6. The van der Waals surface area contributed by atoms with E-state index in [1.54, 1.807) is 37.4 Å². The Kier molecular flexibility index (Phi) is 10.7. The van der Waals surface area contributed by atoms with E-state index in [-0.39, 0.29) is 34.1 Å². The smallest absolute Gasteiger partial charge is 0.243 e. The molecule has 3 aromatic carbocycles. The lowest BCUT2D eigenvalue weighted by atomic mass is 10.1. The summed E-state index contributed by atoms with van der Waals surface area (Å²) in [6, 6.07) is 14.4. The second kappa shape index (κ2) is 15.3. The van der Waals surface area contributed by atoms with Crippen molar-refractivity contribution in [2.45, 2.75) is 38.5 Å². The van der Waals surface area contributed by atoms with Crippen LogP contribution in [0, 0.1) is 12.3 Å². The van der Waals surface area contributed by atoms with Crippen molar-refractivity contribution >= 4 is 46.4 Å². The summed E-state index contributed by atoms with van der Waals surface area (Å²) in [6.07, 6.45) is 10.1. The van der Waals surface area contributed by atoms with Crippen LogP contribution in [0.2, 0.25) is 5.02 Å². The van der Waals surface area contributed by atoms with Gasteiger partial charge in [-0.2, -0.15) is 4.98 Å². The molecule has 0 bridgehead atoms. The minimum absolute atomic E-state index is 0.0878. The first-order chi connectivity index (χ1) is 22.3. The number of rotatable bonds is 14. The average Bonchev–Trinajstić information content (AvgIpc) is 3.78. The van der Waals surface area contributed by atoms with E-state index in [1.165, 1.54) is 6.20 Å². The van der Waals surface area contributed by atoms with Crippen LogP contribution in [0.4, 0.5) is 23.0 Å².